The molecule has 1 aliphatic rings. The molecule has 0 bridgehead atoms. The zero-order chi connectivity index (χ0) is 21.6. The fourth-order valence-electron chi connectivity index (χ4n) is 3.52. The summed E-state index contributed by atoms with van der Waals surface area (Å²) >= 11 is 0. The van der Waals surface area contributed by atoms with Gasteiger partial charge in [-0.2, -0.15) is 10.4 Å². The predicted octanol–water partition coefficient (Wildman–Crippen LogP) is 3.52. The van der Waals surface area contributed by atoms with Crippen LogP contribution in [-0.2, 0) is 11.3 Å². The second kappa shape index (κ2) is 10.9. The Bertz CT molecular complexity index is 1060. The number of nitriles is 1. The summed E-state index contributed by atoms with van der Waals surface area (Å²) in [5, 5.41) is 19.2. The van der Waals surface area contributed by atoms with E-state index in [1.165, 1.54) is 12.4 Å². The molecular formula is C22H26ClN7O2. The first-order valence-corrected chi connectivity index (χ1v) is 10.2. The highest BCUT2D eigenvalue weighted by Gasteiger charge is 2.17. The number of nitrogens with one attached hydrogen (secondary N) is 2. The van der Waals surface area contributed by atoms with E-state index >= 15 is 0 Å². The van der Waals surface area contributed by atoms with Crippen LogP contribution in [-0.4, -0.2) is 58.4 Å². The van der Waals surface area contributed by atoms with Crippen molar-refractivity contribution in [3.8, 4) is 23.1 Å². The van der Waals surface area contributed by atoms with Crippen LogP contribution in [0.25, 0.3) is 11.3 Å². The molecule has 0 radical (unpaired) electrons. The number of hydrogen-bond donors (Lipinski definition) is 2. The van der Waals surface area contributed by atoms with Crippen molar-refractivity contribution in [1.29, 1.82) is 5.26 Å². The van der Waals surface area contributed by atoms with Gasteiger partial charge < -0.3 is 19.7 Å². The summed E-state index contributed by atoms with van der Waals surface area (Å²) in [5.74, 6) is 1.84. The number of anilines is 2. The van der Waals surface area contributed by atoms with E-state index in [-0.39, 0.29) is 18.1 Å². The first-order chi connectivity index (χ1) is 15.1. The Kier molecular flexibility index (Phi) is 8.00. The second-order valence-electron chi connectivity index (χ2n) is 7.54. The molecule has 0 saturated carbocycles. The van der Waals surface area contributed by atoms with Crippen LogP contribution in [0.1, 0.15) is 24.1 Å². The van der Waals surface area contributed by atoms with Gasteiger partial charge >= 0.3 is 0 Å². The van der Waals surface area contributed by atoms with E-state index in [0.717, 1.165) is 48.5 Å². The normalized spacial score (nSPS) is 14.4. The van der Waals surface area contributed by atoms with Crippen LogP contribution >= 0.6 is 12.4 Å². The Hall–Kier alpha value is -3.19. The number of ether oxygens (including phenoxy) is 2. The number of H-pyrrole nitrogens is 1. The van der Waals surface area contributed by atoms with E-state index in [2.05, 4.69) is 37.4 Å². The Balaban J connectivity index is 0.00000289. The van der Waals surface area contributed by atoms with Gasteiger partial charge in [-0.25, -0.2) is 9.97 Å². The molecule has 0 spiro atoms. The third-order valence-corrected chi connectivity index (χ3v) is 5.31. The number of benzene rings is 1. The van der Waals surface area contributed by atoms with Gasteiger partial charge in [-0.3, -0.25) is 5.10 Å². The Morgan fingerprint density at radius 2 is 2.00 bits per heavy atom. The van der Waals surface area contributed by atoms with Gasteiger partial charge in [0.05, 0.1) is 37.9 Å². The molecule has 4 rings (SSSR count). The Morgan fingerprint density at radius 1 is 1.19 bits per heavy atom. The van der Waals surface area contributed by atoms with Crippen molar-refractivity contribution in [1.82, 2.24) is 25.1 Å². The molecule has 1 saturated heterocycles. The van der Waals surface area contributed by atoms with Crippen molar-refractivity contribution < 1.29 is 9.47 Å². The number of aromatic amines is 1. The summed E-state index contributed by atoms with van der Waals surface area (Å²) < 4.78 is 11.7. The number of methoxy groups -OCH3 is 1. The molecule has 0 unspecified atom stereocenters. The van der Waals surface area contributed by atoms with Crippen molar-refractivity contribution in [2.24, 2.45) is 0 Å². The highest BCUT2D eigenvalue weighted by atomic mass is 35.5. The quantitative estimate of drug-likeness (QED) is 0.556. The third-order valence-electron chi connectivity index (χ3n) is 5.31. The van der Waals surface area contributed by atoms with Crippen molar-refractivity contribution in [3.63, 3.8) is 0 Å². The fourth-order valence-corrected chi connectivity index (χ4v) is 3.52. The lowest BCUT2D eigenvalue weighted by Gasteiger charge is -2.29. The first-order valence-electron chi connectivity index (χ1n) is 10.2. The van der Waals surface area contributed by atoms with Crippen LogP contribution < -0.4 is 10.1 Å². The molecule has 3 aromatic rings. The SMILES string of the molecule is COc1cc(COC2CCN(C)CC2)ccc1-c1cc(Nc2cnc(C#N)cn2)n[nH]1.Cl. The fraction of sp³-hybridized carbons (Fsp3) is 0.364. The van der Waals surface area contributed by atoms with E-state index in [1.807, 2.05) is 30.3 Å². The molecule has 2 aromatic heterocycles. The minimum atomic E-state index is 0. The van der Waals surface area contributed by atoms with Gasteiger partial charge in [-0.1, -0.05) is 6.07 Å². The van der Waals surface area contributed by atoms with Crippen LogP contribution in [0.4, 0.5) is 11.6 Å². The molecule has 0 atom stereocenters. The van der Waals surface area contributed by atoms with Crippen molar-refractivity contribution in [3.05, 3.63) is 47.9 Å². The van der Waals surface area contributed by atoms with E-state index in [4.69, 9.17) is 14.7 Å². The van der Waals surface area contributed by atoms with Crippen molar-refractivity contribution in [2.75, 3.05) is 32.6 Å². The maximum absolute atomic E-state index is 8.81. The van der Waals surface area contributed by atoms with E-state index in [9.17, 15) is 0 Å². The summed E-state index contributed by atoms with van der Waals surface area (Å²) in [6.45, 7) is 2.73. The van der Waals surface area contributed by atoms with Gasteiger partial charge in [0.1, 0.15) is 17.6 Å². The lowest BCUT2D eigenvalue weighted by molar-refractivity contribution is 0.00208. The number of piperidine rings is 1. The summed E-state index contributed by atoms with van der Waals surface area (Å²) in [5.41, 5.74) is 3.05. The zero-order valence-electron chi connectivity index (χ0n) is 18.0. The largest absolute Gasteiger partial charge is 0.496 e. The lowest BCUT2D eigenvalue weighted by atomic mass is 10.1. The van der Waals surface area contributed by atoms with Crippen LogP contribution in [0, 0.1) is 11.3 Å². The number of rotatable bonds is 7. The highest BCUT2D eigenvalue weighted by Crippen LogP contribution is 2.31. The second-order valence-corrected chi connectivity index (χ2v) is 7.54. The van der Waals surface area contributed by atoms with Crippen molar-refractivity contribution >= 4 is 24.0 Å². The van der Waals surface area contributed by atoms with Gasteiger partial charge in [0.15, 0.2) is 11.5 Å². The number of hydrogen-bond acceptors (Lipinski definition) is 8. The van der Waals surface area contributed by atoms with Gasteiger partial charge in [0.25, 0.3) is 0 Å². The van der Waals surface area contributed by atoms with Crippen molar-refractivity contribution in [2.45, 2.75) is 25.6 Å². The standard InChI is InChI=1S/C22H25N7O2.ClH/c1-29-7-5-17(6-8-29)31-14-15-3-4-18(20(9-15)30-2)19-10-21(28-27-19)26-22-13-24-16(11-23)12-25-22;/h3-4,9-10,12-13,17H,5-8,14H2,1-2H3,(H2,25,26,27,28);1H. The summed E-state index contributed by atoms with van der Waals surface area (Å²) in [6, 6.07) is 9.87. The van der Waals surface area contributed by atoms with Gasteiger partial charge in [-0.05, 0) is 37.6 Å². The molecule has 1 aromatic carbocycles. The molecular weight excluding hydrogens is 430 g/mol. The number of nitrogens with zero attached hydrogens (tertiary/aromatic N) is 5. The smallest absolute Gasteiger partial charge is 0.158 e. The minimum Gasteiger partial charge on any atom is -0.496 e. The molecule has 9 nitrogen and oxygen atoms in total. The number of halogens is 1. The van der Waals surface area contributed by atoms with Crippen LogP contribution in [0.15, 0.2) is 36.7 Å². The lowest BCUT2D eigenvalue weighted by Crippen LogP contribution is -2.34. The molecule has 2 N–H and O–H groups in total. The molecule has 0 amide bonds. The van der Waals surface area contributed by atoms with Crippen LogP contribution in [0.2, 0.25) is 0 Å². The number of likely N-dealkylation sites (tertiary alicyclic amines) is 1. The maximum Gasteiger partial charge on any atom is 0.158 e. The number of aromatic nitrogens is 4. The monoisotopic (exact) mass is 455 g/mol. The van der Waals surface area contributed by atoms with E-state index in [0.29, 0.717) is 24.3 Å². The summed E-state index contributed by atoms with van der Waals surface area (Å²) in [6.07, 6.45) is 5.35. The Labute approximate surface area is 193 Å². The highest BCUT2D eigenvalue weighted by molar-refractivity contribution is 5.85. The molecule has 32 heavy (non-hydrogen) atoms. The summed E-state index contributed by atoms with van der Waals surface area (Å²) in [7, 11) is 3.80. The molecule has 1 aliphatic heterocycles. The average molecular weight is 456 g/mol. The van der Waals surface area contributed by atoms with Gasteiger partial charge in [0.2, 0.25) is 0 Å². The predicted molar refractivity (Wildman–Crippen MR) is 123 cm³/mol. The summed E-state index contributed by atoms with van der Waals surface area (Å²) in [4.78, 5) is 10.5. The topological polar surface area (TPSA) is 112 Å². The molecule has 1 fully saturated rings. The molecule has 0 aliphatic carbocycles. The van der Waals surface area contributed by atoms with E-state index in [1.54, 1.807) is 7.11 Å². The first kappa shape index (κ1) is 23.5. The van der Waals surface area contributed by atoms with E-state index < -0.39 is 0 Å². The maximum atomic E-state index is 8.81. The third kappa shape index (κ3) is 5.73. The molecule has 3 heterocycles. The van der Waals surface area contributed by atoms with Gasteiger partial charge in [-0.15, -0.1) is 12.4 Å². The average Bonchev–Trinajstić information content (AvgIpc) is 3.27. The molecule has 10 heteroatoms. The zero-order valence-corrected chi connectivity index (χ0v) is 18.9. The Morgan fingerprint density at radius 3 is 2.69 bits per heavy atom. The van der Waals surface area contributed by atoms with Crippen LogP contribution in [0.5, 0.6) is 5.75 Å². The molecule has 168 valence electrons. The van der Waals surface area contributed by atoms with Crippen LogP contribution in [0.3, 0.4) is 0 Å². The minimum absolute atomic E-state index is 0. The van der Waals surface area contributed by atoms with Gasteiger partial charge in [0, 0.05) is 24.7 Å².